The second kappa shape index (κ2) is 5.68. The zero-order valence-electron chi connectivity index (χ0n) is 14.3. The Labute approximate surface area is 146 Å². The number of piperazine rings is 1. The lowest BCUT2D eigenvalue weighted by molar-refractivity contribution is 0.632. The highest BCUT2D eigenvalue weighted by molar-refractivity contribution is 5.52. The zero-order chi connectivity index (χ0) is 16.8. The van der Waals surface area contributed by atoms with E-state index in [9.17, 15) is 0 Å². The maximum atomic E-state index is 4.53. The molecule has 0 N–H and O–H groups in total. The van der Waals surface area contributed by atoms with Gasteiger partial charge in [-0.3, -0.25) is 0 Å². The number of aromatic nitrogens is 5. The van der Waals surface area contributed by atoms with E-state index in [-0.39, 0.29) is 0 Å². The third kappa shape index (κ3) is 2.69. The average Bonchev–Trinajstić information content (AvgIpc) is 3.40. The third-order valence-electron chi connectivity index (χ3n) is 5.07. The van der Waals surface area contributed by atoms with Crippen LogP contribution in [0.2, 0.25) is 0 Å². The van der Waals surface area contributed by atoms with E-state index in [4.69, 9.17) is 0 Å². The third-order valence-corrected chi connectivity index (χ3v) is 5.07. The molecule has 25 heavy (non-hydrogen) atoms. The van der Waals surface area contributed by atoms with E-state index in [0.29, 0.717) is 5.92 Å². The summed E-state index contributed by atoms with van der Waals surface area (Å²) in [6.45, 7) is 5.83. The molecule has 5 rings (SSSR count). The molecule has 2 fully saturated rings. The highest BCUT2D eigenvalue weighted by atomic mass is 15.4. The molecule has 128 valence electrons. The van der Waals surface area contributed by atoms with Gasteiger partial charge in [-0.1, -0.05) is 0 Å². The van der Waals surface area contributed by atoms with Crippen LogP contribution in [0.4, 0.5) is 11.6 Å². The second-order valence-electron chi connectivity index (χ2n) is 6.91. The predicted octanol–water partition coefficient (Wildman–Crippen LogP) is 2.03. The van der Waals surface area contributed by atoms with Gasteiger partial charge in [-0.05, 0) is 19.8 Å². The van der Waals surface area contributed by atoms with Crippen LogP contribution in [0.25, 0.3) is 5.65 Å². The summed E-state index contributed by atoms with van der Waals surface area (Å²) in [4.78, 5) is 18.2. The molecule has 1 saturated heterocycles. The van der Waals surface area contributed by atoms with Gasteiger partial charge in [-0.15, -0.1) is 0 Å². The van der Waals surface area contributed by atoms with Crippen molar-refractivity contribution >= 4 is 17.3 Å². The first-order valence-electron chi connectivity index (χ1n) is 8.91. The van der Waals surface area contributed by atoms with E-state index >= 15 is 0 Å². The minimum absolute atomic E-state index is 0.663. The summed E-state index contributed by atoms with van der Waals surface area (Å²) in [6, 6.07) is 6.24. The van der Waals surface area contributed by atoms with Crippen molar-refractivity contribution in [3.63, 3.8) is 0 Å². The molecule has 0 bridgehead atoms. The lowest BCUT2D eigenvalue weighted by atomic mass is 10.2. The van der Waals surface area contributed by atoms with Gasteiger partial charge in [0.05, 0.1) is 6.20 Å². The van der Waals surface area contributed by atoms with Crippen LogP contribution in [0, 0.1) is 6.92 Å². The Hall–Kier alpha value is -2.70. The maximum absolute atomic E-state index is 4.53. The average molecular weight is 335 g/mol. The molecule has 0 spiro atoms. The van der Waals surface area contributed by atoms with Crippen molar-refractivity contribution in [1.82, 2.24) is 24.6 Å². The van der Waals surface area contributed by atoms with Gasteiger partial charge in [0.2, 0.25) is 0 Å². The summed E-state index contributed by atoms with van der Waals surface area (Å²) in [7, 11) is 0. The van der Waals surface area contributed by atoms with E-state index in [0.717, 1.165) is 49.2 Å². The van der Waals surface area contributed by atoms with E-state index < -0.39 is 0 Å². The lowest BCUT2D eigenvalue weighted by Crippen LogP contribution is -2.47. The van der Waals surface area contributed by atoms with Crippen LogP contribution in [0.15, 0.2) is 30.7 Å². The summed E-state index contributed by atoms with van der Waals surface area (Å²) < 4.78 is 1.93. The van der Waals surface area contributed by atoms with Crippen molar-refractivity contribution in [1.29, 1.82) is 0 Å². The monoisotopic (exact) mass is 335 g/mol. The number of hydrogen-bond acceptors (Lipinski definition) is 6. The minimum Gasteiger partial charge on any atom is -0.353 e. The topological polar surface area (TPSA) is 62.5 Å². The molecule has 4 heterocycles. The predicted molar refractivity (Wildman–Crippen MR) is 96.2 cm³/mol. The van der Waals surface area contributed by atoms with Crippen LogP contribution in [-0.4, -0.2) is 50.7 Å². The van der Waals surface area contributed by atoms with Crippen molar-refractivity contribution < 1.29 is 0 Å². The van der Waals surface area contributed by atoms with Crippen molar-refractivity contribution in [2.75, 3.05) is 36.0 Å². The first-order valence-corrected chi connectivity index (χ1v) is 8.91. The van der Waals surface area contributed by atoms with Crippen LogP contribution in [-0.2, 0) is 0 Å². The van der Waals surface area contributed by atoms with Gasteiger partial charge in [0.25, 0.3) is 0 Å². The van der Waals surface area contributed by atoms with Gasteiger partial charge in [0, 0.05) is 61.7 Å². The number of nitrogens with zero attached hydrogens (tertiary/aromatic N) is 7. The molecule has 0 amide bonds. The molecule has 2 aliphatic rings. The van der Waals surface area contributed by atoms with Crippen molar-refractivity contribution in [2.45, 2.75) is 25.7 Å². The summed E-state index contributed by atoms with van der Waals surface area (Å²) in [6.07, 6.45) is 6.06. The highest BCUT2D eigenvalue weighted by Crippen LogP contribution is 2.39. The van der Waals surface area contributed by atoms with Gasteiger partial charge in [0.1, 0.15) is 18.0 Å². The molecule has 3 aromatic rings. The first-order chi connectivity index (χ1) is 12.3. The number of aryl methyl sites for hydroxylation is 1. The Morgan fingerprint density at radius 3 is 2.60 bits per heavy atom. The Morgan fingerprint density at radius 1 is 1.00 bits per heavy atom. The molecule has 7 nitrogen and oxygen atoms in total. The SMILES string of the molecule is Cc1cc(N2CCN(c3cc(C4CC4)ncn3)CC2)n2nccc2n1. The van der Waals surface area contributed by atoms with Gasteiger partial charge < -0.3 is 9.80 Å². The van der Waals surface area contributed by atoms with Crippen LogP contribution >= 0.6 is 0 Å². The van der Waals surface area contributed by atoms with E-state index in [2.05, 4.69) is 42.0 Å². The van der Waals surface area contributed by atoms with Crippen molar-refractivity contribution in [3.05, 3.63) is 42.1 Å². The molecule has 7 heteroatoms. The summed E-state index contributed by atoms with van der Waals surface area (Å²) in [5.74, 6) is 2.84. The van der Waals surface area contributed by atoms with Crippen LogP contribution in [0.1, 0.15) is 30.1 Å². The van der Waals surface area contributed by atoms with Crippen molar-refractivity contribution in [3.8, 4) is 0 Å². The van der Waals surface area contributed by atoms with Gasteiger partial charge in [-0.2, -0.15) is 9.61 Å². The number of fused-ring (bicyclic) bond motifs is 1. The normalized spacial score (nSPS) is 18.1. The summed E-state index contributed by atoms with van der Waals surface area (Å²) >= 11 is 0. The van der Waals surface area contributed by atoms with Gasteiger partial charge in [0.15, 0.2) is 5.65 Å². The molecule has 0 radical (unpaired) electrons. The second-order valence-corrected chi connectivity index (χ2v) is 6.91. The number of rotatable bonds is 3. The molecular weight excluding hydrogens is 314 g/mol. The Kier molecular flexibility index (Phi) is 3.33. The van der Waals surface area contributed by atoms with E-state index in [1.54, 1.807) is 6.33 Å². The van der Waals surface area contributed by atoms with Gasteiger partial charge in [-0.25, -0.2) is 15.0 Å². The smallest absolute Gasteiger partial charge is 0.157 e. The lowest BCUT2D eigenvalue weighted by Gasteiger charge is -2.36. The first kappa shape index (κ1) is 14.6. The van der Waals surface area contributed by atoms with Crippen LogP contribution in [0.5, 0.6) is 0 Å². The van der Waals surface area contributed by atoms with Crippen LogP contribution in [0.3, 0.4) is 0 Å². The molecule has 0 unspecified atom stereocenters. The zero-order valence-corrected chi connectivity index (χ0v) is 14.3. The minimum atomic E-state index is 0.663. The van der Waals surface area contributed by atoms with Gasteiger partial charge >= 0.3 is 0 Å². The molecule has 1 saturated carbocycles. The quantitative estimate of drug-likeness (QED) is 0.730. The highest BCUT2D eigenvalue weighted by Gasteiger charge is 2.27. The van der Waals surface area contributed by atoms with Crippen molar-refractivity contribution in [2.24, 2.45) is 0 Å². The molecule has 1 aliphatic carbocycles. The molecule has 1 aliphatic heterocycles. The van der Waals surface area contributed by atoms with E-state index in [1.807, 2.05) is 23.7 Å². The Bertz CT molecular complexity index is 907. The Balaban J connectivity index is 1.35. The number of anilines is 2. The standard InChI is InChI=1S/C18H21N7/c1-13-10-18(25-16(22-13)4-5-21-25)24-8-6-23(7-9-24)17-11-15(14-2-3-14)19-12-20-17/h4-5,10-12,14H,2-3,6-9H2,1H3. The fraction of sp³-hybridized carbons (Fsp3) is 0.444. The molecule has 3 aromatic heterocycles. The fourth-order valence-corrected chi connectivity index (χ4v) is 3.55. The molecular formula is C18H21N7. The largest absolute Gasteiger partial charge is 0.353 e. The summed E-state index contributed by atoms with van der Waals surface area (Å²) in [5, 5.41) is 4.43. The maximum Gasteiger partial charge on any atom is 0.157 e. The van der Waals surface area contributed by atoms with E-state index in [1.165, 1.54) is 18.5 Å². The van der Waals surface area contributed by atoms with Crippen LogP contribution < -0.4 is 9.80 Å². The number of hydrogen-bond donors (Lipinski definition) is 0. The molecule has 0 atom stereocenters. The molecule has 0 aromatic carbocycles. The summed E-state index contributed by atoms with van der Waals surface area (Å²) in [5.41, 5.74) is 3.13. The fourth-order valence-electron chi connectivity index (χ4n) is 3.55. The Morgan fingerprint density at radius 2 is 1.80 bits per heavy atom.